The molecule has 1 aromatic carbocycles. The van der Waals surface area contributed by atoms with Crippen LogP contribution in [0.15, 0.2) is 18.2 Å². The van der Waals surface area contributed by atoms with Gasteiger partial charge in [-0.05, 0) is 55.5 Å². The Bertz CT molecular complexity index is 1040. The van der Waals surface area contributed by atoms with E-state index in [9.17, 15) is 13.6 Å². The normalized spacial score (nSPS) is 11.1. The Morgan fingerprint density at radius 3 is 2.52 bits per heavy atom. The molecule has 0 aliphatic carbocycles. The van der Waals surface area contributed by atoms with Crippen molar-refractivity contribution in [3.05, 3.63) is 52.2 Å². The molecule has 0 bridgehead atoms. The SMILES string of the molecule is COc1nn(C)c2nc(C)c(CCC(=O)NCCc3cc(F)cc(F)c3)c(C)c12. The van der Waals surface area contributed by atoms with E-state index in [0.29, 0.717) is 30.8 Å². The van der Waals surface area contributed by atoms with Crippen LogP contribution in [0.1, 0.15) is 28.8 Å². The molecule has 0 radical (unpaired) electrons. The Morgan fingerprint density at radius 1 is 1.17 bits per heavy atom. The second kappa shape index (κ2) is 8.55. The van der Waals surface area contributed by atoms with Crippen molar-refractivity contribution >= 4 is 16.9 Å². The molecule has 0 aliphatic heterocycles. The lowest BCUT2D eigenvalue weighted by Crippen LogP contribution is -2.26. The van der Waals surface area contributed by atoms with Crippen LogP contribution in [0.2, 0.25) is 0 Å². The molecule has 1 N–H and O–H groups in total. The summed E-state index contributed by atoms with van der Waals surface area (Å²) in [6.45, 7) is 4.21. The maximum absolute atomic E-state index is 13.2. The Kier molecular flexibility index (Phi) is 6.10. The lowest BCUT2D eigenvalue weighted by molar-refractivity contribution is -0.121. The van der Waals surface area contributed by atoms with Crippen molar-refractivity contribution in [1.82, 2.24) is 20.1 Å². The maximum Gasteiger partial charge on any atom is 0.242 e. The number of benzene rings is 1. The third-order valence-corrected chi connectivity index (χ3v) is 4.98. The number of aromatic nitrogens is 3. The molecule has 1 amide bonds. The molecule has 0 saturated heterocycles. The zero-order chi connectivity index (χ0) is 21.1. The molecule has 3 rings (SSSR count). The largest absolute Gasteiger partial charge is 0.479 e. The number of fused-ring (bicyclic) bond motifs is 1. The Labute approximate surface area is 167 Å². The third kappa shape index (κ3) is 4.52. The lowest BCUT2D eigenvalue weighted by Gasteiger charge is -2.11. The first kappa shape index (κ1) is 20.7. The molecule has 154 valence electrons. The van der Waals surface area contributed by atoms with E-state index >= 15 is 0 Å². The molecule has 0 atom stereocenters. The summed E-state index contributed by atoms with van der Waals surface area (Å²) < 4.78 is 33.5. The van der Waals surface area contributed by atoms with Crippen LogP contribution in [0, 0.1) is 25.5 Å². The van der Waals surface area contributed by atoms with E-state index in [0.717, 1.165) is 33.9 Å². The summed E-state index contributed by atoms with van der Waals surface area (Å²) in [6, 6.07) is 3.36. The van der Waals surface area contributed by atoms with Gasteiger partial charge in [-0.25, -0.2) is 18.4 Å². The van der Waals surface area contributed by atoms with E-state index in [-0.39, 0.29) is 12.3 Å². The standard InChI is InChI=1S/C21H24F2N4O2/c1-12-17(13(2)25-20-19(12)21(29-4)26-27(20)3)5-6-18(28)24-8-7-14-9-15(22)11-16(23)10-14/h9-11H,5-8H2,1-4H3,(H,24,28). The van der Waals surface area contributed by atoms with Gasteiger partial charge in [0.05, 0.1) is 12.5 Å². The van der Waals surface area contributed by atoms with Gasteiger partial charge >= 0.3 is 0 Å². The van der Waals surface area contributed by atoms with Gasteiger partial charge in [0.25, 0.3) is 0 Å². The molecule has 29 heavy (non-hydrogen) atoms. The minimum Gasteiger partial charge on any atom is -0.479 e. The van der Waals surface area contributed by atoms with Gasteiger partial charge in [-0.1, -0.05) is 0 Å². The van der Waals surface area contributed by atoms with Gasteiger partial charge in [-0.15, -0.1) is 5.10 Å². The molecule has 2 aromatic heterocycles. The number of pyridine rings is 1. The van der Waals surface area contributed by atoms with Crippen LogP contribution >= 0.6 is 0 Å². The summed E-state index contributed by atoms with van der Waals surface area (Å²) in [5.41, 5.74) is 4.09. The molecule has 2 heterocycles. The summed E-state index contributed by atoms with van der Waals surface area (Å²) >= 11 is 0. The predicted molar refractivity (Wildman–Crippen MR) is 106 cm³/mol. The number of ether oxygens (including phenoxy) is 1. The summed E-state index contributed by atoms with van der Waals surface area (Å²) in [4.78, 5) is 16.9. The molecule has 0 unspecified atom stereocenters. The van der Waals surface area contributed by atoms with Gasteiger partial charge in [0.2, 0.25) is 11.8 Å². The third-order valence-electron chi connectivity index (χ3n) is 4.98. The van der Waals surface area contributed by atoms with Crippen molar-refractivity contribution in [2.24, 2.45) is 7.05 Å². The van der Waals surface area contributed by atoms with Gasteiger partial charge in [0.1, 0.15) is 11.6 Å². The average molecular weight is 402 g/mol. The van der Waals surface area contributed by atoms with Crippen LogP contribution in [-0.2, 0) is 24.7 Å². The number of hydrogen-bond acceptors (Lipinski definition) is 4. The Hall–Kier alpha value is -3.03. The zero-order valence-corrected chi connectivity index (χ0v) is 17.0. The molecular formula is C21H24F2N4O2. The van der Waals surface area contributed by atoms with Crippen molar-refractivity contribution in [1.29, 1.82) is 0 Å². The van der Waals surface area contributed by atoms with Crippen molar-refractivity contribution in [2.45, 2.75) is 33.1 Å². The van der Waals surface area contributed by atoms with Crippen LogP contribution < -0.4 is 10.1 Å². The lowest BCUT2D eigenvalue weighted by atomic mass is 10.00. The highest BCUT2D eigenvalue weighted by atomic mass is 19.1. The van der Waals surface area contributed by atoms with Crippen molar-refractivity contribution in [3.63, 3.8) is 0 Å². The van der Waals surface area contributed by atoms with Crippen molar-refractivity contribution in [2.75, 3.05) is 13.7 Å². The molecule has 3 aromatic rings. The number of aryl methyl sites for hydroxylation is 3. The van der Waals surface area contributed by atoms with E-state index in [1.807, 2.05) is 20.9 Å². The number of amides is 1. The maximum atomic E-state index is 13.2. The predicted octanol–water partition coefficient (Wildman–Crippen LogP) is 3.16. The van der Waals surface area contributed by atoms with Gasteiger partial charge in [0, 0.05) is 31.8 Å². The fourth-order valence-electron chi connectivity index (χ4n) is 3.54. The van der Waals surface area contributed by atoms with Crippen LogP contribution in [0.5, 0.6) is 5.88 Å². The van der Waals surface area contributed by atoms with E-state index < -0.39 is 11.6 Å². The van der Waals surface area contributed by atoms with Crippen LogP contribution in [0.3, 0.4) is 0 Å². The fraction of sp³-hybridized carbons (Fsp3) is 0.381. The average Bonchev–Trinajstić information content (AvgIpc) is 2.96. The molecular weight excluding hydrogens is 378 g/mol. The molecule has 6 nitrogen and oxygen atoms in total. The molecule has 0 aliphatic rings. The first-order chi connectivity index (χ1) is 13.8. The quantitative estimate of drug-likeness (QED) is 0.659. The highest BCUT2D eigenvalue weighted by molar-refractivity contribution is 5.86. The van der Waals surface area contributed by atoms with Crippen LogP contribution in [0.4, 0.5) is 8.78 Å². The van der Waals surface area contributed by atoms with E-state index in [1.54, 1.807) is 11.8 Å². The molecule has 0 saturated carbocycles. The summed E-state index contributed by atoms with van der Waals surface area (Å²) in [6.07, 6.45) is 1.17. The minimum atomic E-state index is -0.619. The number of nitrogens with zero attached hydrogens (tertiary/aromatic N) is 3. The highest BCUT2D eigenvalue weighted by Crippen LogP contribution is 2.30. The number of rotatable bonds is 7. The highest BCUT2D eigenvalue weighted by Gasteiger charge is 2.18. The van der Waals surface area contributed by atoms with E-state index in [4.69, 9.17) is 4.74 Å². The van der Waals surface area contributed by atoms with Crippen molar-refractivity contribution in [3.8, 4) is 5.88 Å². The molecule has 0 fully saturated rings. The van der Waals surface area contributed by atoms with Crippen LogP contribution in [0.25, 0.3) is 11.0 Å². The summed E-state index contributed by atoms with van der Waals surface area (Å²) in [7, 11) is 3.38. The molecule has 0 spiro atoms. The zero-order valence-electron chi connectivity index (χ0n) is 17.0. The summed E-state index contributed by atoms with van der Waals surface area (Å²) in [5, 5.41) is 7.98. The van der Waals surface area contributed by atoms with Gasteiger partial charge in [-0.2, -0.15) is 0 Å². The minimum absolute atomic E-state index is 0.126. The van der Waals surface area contributed by atoms with Crippen LogP contribution in [-0.4, -0.2) is 34.3 Å². The monoisotopic (exact) mass is 402 g/mol. The Balaban J connectivity index is 1.63. The number of nitrogens with one attached hydrogen (secondary N) is 1. The van der Waals surface area contributed by atoms with Gasteiger partial charge < -0.3 is 10.1 Å². The van der Waals surface area contributed by atoms with E-state index in [1.165, 1.54) is 12.1 Å². The van der Waals surface area contributed by atoms with Crippen molar-refractivity contribution < 1.29 is 18.3 Å². The topological polar surface area (TPSA) is 69.0 Å². The van der Waals surface area contributed by atoms with Gasteiger partial charge in [-0.3, -0.25) is 4.79 Å². The second-order valence-corrected chi connectivity index (χ2v) is 7.01. The number of carbonyl (C=O) groups is 1. The number of hydrogen-bond donors (Lipinski definition) is 1. The number of carbonyl (C=O) groups excluding carboxylic acids is 1. The molecule has 8 heteroatoms. The first-order valence-corrected chi connectivity index (χ1v) is 9.38. The summed E-state index contributed by atoms with van der Waals surface area (Å²) in [5.74, 6) is -0.851. The number of methoxy groups -OCH3 is 1. The smallest absolute Gasteiger partial charge is 0.242 e. The number of halogens is 2. The van der Waals surface area contributed by atoms with E-state index in [2.05, 4.69) is 15.4 Å². The van der Waals surface area contributed by atoms with Gasteiger partial charge in [0.15, 0.2) is 5.65 Å². The second-order valence-electron chi connectivity index (χ2n) is 7.01. The fourth-order valence-corrected chi connectivity index (χ4v) is 3.54. The first-order valence-electron chi connectivity index (χ1n) is 9.38. The Morgan fingerprint density at radius 2 is 1.86 bits per heavy atom.